The SMILES string of the molecule is CCn1c(SC(C)C(=O)Nc2ccc(C(C)C)cc2)nnc1-c1cnc(F)cc1F. The van der Waals surface area contributed by atoms with E-state index in [4.69, 9.17) is 0 Å². The molecular weight excluding hydrogens is 408 g/mol. The topological polar surface area (TPSA) is 72.7 Å². The minimum absolute atomic E-state index is 0.0555. The molecule has 3 aromatic rings. The molecule has 0 saturated heterocycles. The van der Waals surface area contributed by atoms with E-state index in [1.54, 1.807) is 11.5 Å². The molecule has 0 fully saturated rings. The smallest absolute Gasteiger partial charge is 0.237 e. The van der Waals surface area contributed by atoms with Crippen LogP contribution in [0.3, 0.4) is 0 Å². The van der Waals surface area contributed by atoms with E-state index in [0.717, 1.165) is 6.20 Å². The molecule has 1 atom stereocenters. The monoisotopic (exact) mass is 431 g/mol. The number of halogens is 2. The lowest BCUT2D eigenvalue weighted by Crippen LogP contribution is -2.23. The molecule has 0 aliphatic heterocycles. The van der Waals surface area contributed by atoms with Gasteiger partial charge in [0.05, 0.1) is 10.8 Å². The molecule has 0 saturated carbocycles. The number of rotatable bonds is 7. The van der Waals surface area contributed by atoms with E-state index in [0.29, 0.717) is 29.4 Å². The molecule has 6 nitrogen and oxygen atoms in total. The van der Waals surface area contributed by atoms with Gasteiger partial charge in [0.2, 0.25) is 11.9 Å². The minimum Gasteiger partial charge on any atom is -0.325 e. The van der Waals surface area contributed by atoms with Crippen LogP contribution in [0.25, 0.3) is 11.4 Å². The number of carbonyl (C=O) groups excluding carboxylic acids is 1. The largest absolute Gasteiger partial charge is 0.325 e. The Morgan fingerprint density at radius 3 is 2.47 bits per heavy atom. The molecule has 1 unspecified atom stereocenters. The van der Waals surface area contributed by atoms with Crippen molar-refractivity contribution in [2.24, 2.45) is 0 Å². The van der Waals surface area contributed by atoms with Crippen molar-refractivity contribution in [1.29, 1.82) is 0 Å². The van der Waals surface area contributed by atoms with E-state index >= 15 is 0 Å². The van der Waals surface area contributed by atoms with Gasteiger partial charge in [0, 0.05) is 24.5 Å². The van der Waals surface area contributed by atoms with Gasteiger partial charge in [-0.15, -0.1) is 10.2 Å². The highest BCUT2D eigenvalue weighted by Gasteiger charge is 2.22. The summed E-state index contributed by atoms with van der Waals surface area (Å²) in [7, 11) is 0. The van der Waals surface area contributed by atoms with Crippen LogP contribution in [0, 0.1) is 11.8 Å². The molecule has 2 aromatic heterocycles. The molecule has 0 spiro atoms. The number of nitrogens with zero attached hydrogens (tertiary/aromatic N) is 4. The van der Waals surface area contributed by atoms with Crippen LogP contribution in [0.4, 0.5) is 14.5 Å². The van der Waals surface area contributed by atoms with E-state index < -0.39 is 17.0 Å². The molecule has 158 valence electrons. The van der Waals surface area contributed by atoms with Crippen LogP contribution in [0.15, 0.2) is 41.7 Å². The molecule has 1 aromatic carbocycles. The van der Waals surface area contributed by atoms with Crippen molar-refractivity contribution < 1.29 is 13.6 Å². The van der Waals surface area contributed by atoms with Crippen molar-refractivity contribution in [2.75, 3.05) is 5.32 Å². The number of hydrogen-bond acceptors (Lipinski definition) is 5. The lowest BCUT2D eigenvalue weighted by molar-refractivity contribution is -0.115. The summed E-state index contributed by atoms with van der Waals surface area (Å²) in [6.45, 7) is 8.28. The molecule has 9 heteroatoms. The molecule has 1 N–H and O–H groups in total. The molecule has 0 bridgehead atoms. The van der Waals surface area contributed by atoms with Gasteiger partial charge in [-0.3, -0.25) is 4.79 Å². The first-order valence-electron chi connectivity index (χ1n) is 9.62. The Kier molecular flexibility index (Phi) is 6.81. The van der Waals surface area contributed by atoms with Crippen LogP contribution >= 0.6 is 11.8 Å². The first-order chi connectivity index (χ1) is 14.3. The average molecular weight is 432 g/mol. The first-order valence-corrected chi connectivity index (χ1v) is 10.5. The second kappa shape index (κ2) is 9.34. The fourth-order valence-corrected chi connectivity index (χ4v) is 3.75. The molecule has 3 rings (SSSR count). The summed E-state index contributed by atoms with van der Waals surface area (Å²) in [6, 6.07) is 8.44. The van der Waals surface area contributed by atoms with Gasteiger partial charge in [0.25, 0.3) is 0 Å². The Labute approximate surface area is 178 Å². The van der Waals surface area contributed by atoms with Crippen molar-refractivity contribution in [2.45, 2.75) is 50.6 Å². The standard InChI is InChI=1S/C21H23F2N5OS/c1-5-28-19(16-11-24-18(23)10-17(16)22)26-27-21(28)30-13(4)20(29)25-15-8-6-14(7-9-15)12(2)3/h6-13H,5H2,1-4H3,(H,25,29). The molecule has 0 aliphatic rings. The van der Waals surface area contributed by atoms with Gasteiger partial charge in [0.1, 0.15) is 5.82 Å². The van der Waals surface area contributed by atoms with E-state index in [1.165, 1.54) is 17.3 Å². The molecule has 30 heavy (non-hydrogen) atoms. The Balaban J connectivity index is 1.74. The Morgan fingerprint density at radius 1 is 1.17 bits per heavy atom. The van der Waals surface area contributed by atoms with Gasteiger partial charge in [-0.1, -0.05) is 37.7 Å². The Morgan fingerprint density at radius 2 is 1.87 bits per heavy atom. The van der Waals surface area contributed by atoms with E-state index in [2.05, 4.69) is 34.3 Å². The van der Waals surface area contributed by atoms with Crippen molar-refractivity contribution in [3.63, 3.8) is 0 Å². The number of pyridine rings is 1. The zero-order valence-electron chi connectivity index (χ0n) is 17.2. The van der Waals surface area contributed by atoms with E-state index in [9.17, 15) is 13.6 Å². The maximum Gasteiger partial charge on any atom is 0.237 e. The second-order valence-corrected chi connectivity index (χ2v) is 8.37. The van der Waals surface area contributed by atoms with Gasteiger partial charge in [-0.2, -0.15) is 4.39 Å². The number of hydrogen-bond donors (Lipinski definition) is 1. The normalized spacial score (nSPS) is 12.2. The lowest BCUT2D eigenvalue weighted by Gasteiger charge is -2.13. The summed E-state index contributed by atoms with van der Waals surface area (Å²) in [6.07, 6.45) is 1.09. The molecule has 1 amide bonds. The molecule has 2 heterocycles. The fraction of sp³-hybridized carbons (Fsp3) is 0.333. The van der Waals surface area contributed by atoms with Crippen LogP contribution in [-0.2, 0) is 11.3 Å². The highest BCUT2D eigenvalue weighted by Crippen LogP contribution is 2.28. The third-order valence-corrected chi connectivity index (χ3v) is 5.67. The number of amides is 1. The van der Waals surface area contributed by atoms with Crippen LogP contribution in [-0.4, -0.2) is 30.9 Å². The zero-order valence-corrected chi connectivity index (χ0v) is 18.0. The Bertz CT molecular complexity index is 1040. The van der Waals surface area contributed by atoms with Crippen molar-refractivity contribution in [3.05, 3.63) is 53.9 Å². The zero-order chi connectivity index (χ0) is 21.8. The predicted molar refractivity (Wildman–Crippen MR) is 113 cm³/mol. The van der Waals surface area contributed by atoms with Crippen molar-refractivity contribution in [3.8, 4) is 11.4 Å². The minimum atomic E-state index is -0.903. The molecule has 0 radical (unpaired) electrons. The van der Waals surface area contributed by atoms with E-state index in [-0.39, 0.29) is 17.3 Å². The van der Waals surface area contributed by atoms with Gasteiger partial charge < -0.3 is 9.88 Å². The van der Waals surface area contributed by atoms with Crippen LogP contribution in [0.5, 0.6) is 0 Å². The van der Waals surface area contributed by atoms with Crippen LogP contribution in [0.2, 0.25) is 0 Å². The molecule has 0 aliphatic carbocycles. The summed E-state index contributed by atoms with van der Waals surface area (Å²) in [5, 5.41) is 11.0. The number of aromatic nitrogens is 4. The van der Waals surface area contributed by atoms with Gasteiger partial charge in [-0.25, -0.2) is 9.37 Å². The number of anilines is 1. The second-order valence-electron chi connectivity index (χ2n) is 7.06. The quantitative estimate of drug-likeness (QED) is 0.426. The van der Waals surface area contributed by atoms with Crippen LogP contribution in [0.1, 0.15) is 39.2 Å². The summed E-state index contributed by atoms with van der Waals surface area (Å²) in [4.78, 5) is 16.1. The third kappa shape index (κ3) is 4.84. The summed E-state index contributed by atoms with van der Waals surface area (Å²) >= 11 is 1.22. The maximum atomic E-state index is 14.1. The van der Waals surface area contributed by atoms with E-state index in [1.807, 2.05) is 31.2 Å². The fourth-order valence-electron chi connectivity index (χ4n) is 2.84. The highest BCUT2D eigenvalue weighted by molar-refractivity contribution is 8.00. The van der Waals surface area contributed by atoms with Gasteiger partial charge in [0.15, 0.2) is 11.0 Å². The Hall–Kier alpha value is -2.81. The van der Waals surface area contributed by atoms with Crippen molar-refractivity contribution in [1.82, 2.24) is 19.7 Å². The first kappa shape index (κ1) is 21.9. The number of thioether (sulfide) groups is 1. The van der Waals surface area contributed by atoms with Gasteiger partial charge in [-0.05, 0) is 37.5 Å². The number of nitrogens with one attached hydrogen (secondary N) is 1. The summed E-state index contributed by atoms with van der Waals surface area (Å²) in [5.41, 5.74) is 1.97. The number of benzene rings is 1. The third-order valence-electron chi connectivity index (χ3n) is 4.59. The van der Waals surface area contributed by atoms with Crippen molar-refractivity contribution >= 4 is 23.4 Å². The maximum absolute atomic E-state index is 14.1. The van der Waals surface area contributed by atoms with Crippen LogP contribution < -0.4 is 5.32 Å². The summed E-state index contributed by atoms with van der Waals surface area (Å²) < 4.78 is 28.9. The lowest BCUT2D eigenvalue weighted by atomic mass is 10.0. The highest BCUT2D eigenvalue weighted by atomic mass is 32.2. The molecular formula is C21H23F2N5OS. The number of carbonyl (C=O) groups is 1. The summed E-state index contributed by atoms with van der Waals surface area (Å²) in [5.74, 6) is -1.20. The predicted octanol–water partition coefficient (Wildman–Crippen LogP) is 4.88. The van der Waals surface area contributed by atoms with Gasteiger partial charge >= 0.3 is 0 Å². The average Bonchev–Trinajstić information content (AvgIpc) is 3.10.